The van der Waals surface area contributed by atoms with Crippen molar-refractivity contribution in [3.8, 4) is 11.5 Å². The maximum Gasteiger partial charge on any atom is 0.126 e. The van der Waals surface area contributed by atoms with Gasteiger partial charge in [-0.05, 0) is 19.1 Å². The summed E-state index contributed by atoms with van der Waals surface area (Å²) < 4.78 is 11.3. The van der Waals surface area contributed by atoms with E-state index in [9.17, 15) is 0 Å². The van der Waals surface area contributed by atoms with E-state index in [1.807, 2.05) is 32.9 Å². The molecule has 14 heavy (non-hydrogen) atoms. The van der Waals surface area contributed by atoms with Crippen molar-refractivity contribution in [2.45, 2.75) is 20.8 Å². The summed E-state index contributed by atoms with van der Waals surface area (Å²) in [4.78, 5) is 0. The highest BCUT2D eigenvalue weighted by atomic mass is 79.9. The predicted molar refractivity (Wildman–Crippen MR) is 63.3 cm³/mol. The SMILES string of the molecule is CC.COc1cc(Br)cc(OC)c1C. The molecule has 0 heterocycles. The average molecular weight is 261 g/mol. The van der Waals surface area contributed by atoms with Crippen LogP contribution in [0.15, 0.2) is 16.6 Å². The van der Waals surface area contributed by atoms with Crippen molar-refractivity contribution in [1.82, 2.24) is 0 Å². The Hall–Kier alpha value is -0.700. The molecule has 0 spiro atoms. The number of hydrogen-bond donors (Lipinski definition) is 0. The Bertz CT molecular complexity index is 260. The van der Waals surface area contributed by atoms with Crippen LogP contribution >= 0.6 is 15.9 Å². The second kappa shape index (κ2) is 6.71. The third kappa shape index (κ3) is 3.22. The lowest BCUT2D eigenvalue weighted by Crippen LogP contribution is -1.92. The molecule has 0 aromatic heterocycles. The molecule has 1 aromatic rings. The molecule has 1 aromatic carbocycles. The molecule has 0 atom stereocenters. The molecule has 0 saturated carbocycles. The van der Waals surface area contributed by atoms with Crippen LogP contribution in [-0.2, 0) is 0 Å². The molecule has 0 aliphatic heterocycles. The summed E-state index contributed by atoms with van der Waals surface area (Å²) in [7, 11) is 3.29. The Kier molecular flexibility index (Phi) is 6.37. The van der Waals surface area contributed by atoms with Crippen LogP contribution in [-0.4, -0.2) is 14.2 Å². The lowest BCUT2D eigenvalue weighted by Gasteiger charge is -2.09. The summed E-state index contributed by atoms with van der Waals surface area (Å²) in [5, 5.41) is 0. The van der Waals surface area contributed by atoms with Gasteiger partial charge in [-0.3, -0.25) is 0 Å². The number of benzene rings is 1. The van der Waals surface area contributed by atoms with E-state index >= 15 is 0 Å². The van der Waals surface area contributed by atoms with Gasteiger partial charge in [0.1, 0.15) is 11.5 Å². The fourth-order valence-corrected chi connectivity index (χ4v) is 1.47. The molecule has 80 valence electrons. The number of hydrogen-bond acceptors (Lipinski definition) is 2. The lowest BCUT2D eigenvalue weighted by atomic mass is 10.2. The molecule has 0 bridgehead atoms. The maximum absolute atomic E-state index is 5.16. The molecule has 0 saturated heterocycles. The molecule has 0 unspecified atom stereocenters. The van der Waals surface area contributed by atoms with Crippen LogP contribution in [0.25, 0.3) is 0 Å². The molecule has 0 amide bonds. The largest absolute Gasteiger partial charge is 0.496 e. The van der Waals surface area contributed by atoms with Gasteiger partial charge in [0, 0.05) is 10.0 Å². The van der Waals surface area contributed by atoms with Gasteiger partial charge in [-0.15, -0.1) is 0 Å². The van der Waals surface area contributed by atoms with Crippen LogP contribution in [0.1, 0.15) is 19.4 Å². The highest BCUT2D eigenvalue weighted by molar-refractivity contribution is 9.10. The number of halogens is 1. The Morgan fingerprint density at radius 1 is 1.00 bits per heavy atom. The van der Waals surface area contributed by atoms with Gasteiger partial charge in [-0.2, -0.15) is 0 Å². The van der Waals surface area contributed by atoms with Crippen molar-refractivity contribution in [2.24, 2.45) is 0 Å². The van der Waals surface area contributed by atoms with E-state index in [1.54, 1.807) is 14.2 Å². The first kappa shape index (κ1) is 13.3. The van der Waals surface area contributed by atoms with E-state index in [-0.39, 0.29) is 0 Å². The van der Waals surface area contributed by atoms with Gasteiger partial charge in [0.2, 0.25) is 0 Å². The molecule has 0 radical (unpaired) electrons. The van der Waals surface area contributed by atoms with Gasteiger partial charge in [-0.1, -0.05) is 29.8 Å². The van der Waals surface area contributed by atoms with E-state index < -0.39 is 0 Å². The van der Waals surface area contributed by atoms with Gasteiger partial charge in [0.25, 0.3) is 0 Å². The molecule has 3 heteroatoms. The van der Waals surface area contributed by atoms with Crippen LogP contribution in [0.4, 0.5) is 0 Å². The van der Waals surface area contributed by atoms with Crippen molar-refractivity contribution in [2.75, 3.05) is 14.2 Å². The van der Waals surface area contributed by atoms with Crippen LogP contribution in [0.5, 0.6) is 11.5 Å². The Labute approximate surface area is 94.4 Å². The predicted octanol–water partition coefficient (Wildman–Crippen LogP) is 3.80. The van der Waals surface area contributed by atoms with Crippen molar-refractivity contribution in [3.63, 3.8) is 0 Å². The monoisotopic (exact) mass is 260 g/mol. The van der Waals surface area contributed by atoms with Crippen molar-refractivity contribution >= 4 is 15.9 Å². The van der Waals surface area contributed by atoms with Crippen LogP contribution < -0.4 is 9.47 Å². The first-order valence-corrected chi connectivity index (χ1v) is 5.36. The van der Waals surface area contributed by atoms with Gasteiger partial charge in [-0.25, -0.2) is 0 Å². The highest BCUT2D eigenvalue weighted by Crippen LogP contribution is 2.31. The molecule has 2 nitrogen and oxygen atoms in total. The Morgan fingerprint density at radius 2 is 1.36 bits per heavy atom. The van der Waals surface area contributed by atoms with Crippen LogP contribution in [0.3, 0.4) is 0 Å². The minimum absolute atomic E-state index is 0.834. The molecule has 0 N–H and O–H groups in total. The van der Waals surface area contributed by atoms with Gasteiger partial charge < -0.3 is 9.47 Å². The molecule has 0 aliphatic rings. The van der Waals surface area contributed by atoms with E-state index in [1.165, 1.54) is 0 Å². The third-order valence-electron chi connectivity index (χ3n) is 1.72. The summed E-state index contributed by atoms with van der Waals surface area (Å²) in [6.07, 6.45) is 0. The van der Waals surface area contributed by atoms with E-state index in [0.717, 1.165) is 21.5 Å². The van der Waals surface area contributed by atoms with Crippen molar-refractivity contribution in [3.05, 3.63) is 22.2 Å². The second-order valence-corrected chi connectivity index (χ2v) is 3.35. The summed E-state index contributed by atoms with van der Waals surface area (Å²) in [6.45, 7) is 5.96. The Balaban J connectivity index is 0.000000791. The van der Waals surface area contributed by atoms with Crippen molar-refractivity contribution in [1.29, 1.82) is 0 Å². The van der Waals surface area contributed by atoms with Crippen LogP contribution in [0, 0.1) is 6.92 Å². The zero-order valence-corrected chi connectivity index (χ0v) is 10.9. The quantitative estimate of drug-likeness (QED) is 0.806. The minimum Gasteiger partial charge on any atom is -0.496 e. The van der Waals surface area contributed by atoms with Crippen molar-refractivity contribution < 1.29 is 9.47 Å². The first-order chi connectivity index (χ1) is 6.69. The standard InChI is InChI=1S/C9H11BrO2.C2H6/c1-6-8(11-2)4-7(10)5-9(6)12-3;1-2/h4-5H,1-3H3;1-2H3. The molecule has 0 fully saturated rings. The zero-order chi connectivity index (χ0) is 11.1. The highest BCUT2D eigenvalue weighted by Gasteiger charge is 2.05. The molecular weight excluding hydrogens is 244 g/mol. The summed E-state index contributed by atoms with van der Waals surface area (Å²) >= 11 is 3.37. The number of rotatable bonds is 2. The van der Waals surface area contributed by atoms with Gasteiger partial charge in [0.15, 0.2) is 0 Å². The van der Waals surface area contributed by atoms with E-state index in [2.05, 4.69) is 15.9 Å². The third-order valence-corrected chi connectivity index (χ3v) is 2.17. The van der Waals surface area contributed by atoms with Crippen LogP contribution in [0.2, 0.25) is 0 Å². The number of methoxy groups -OCH3 is 2. The topological polar surface area (TPSA) is 18.5 Å². The van der Waals surface area contributed by atoms with Gasteiger partial charge in [0.05, 0.1) is 14.2 Å². The minimum atomic E-state index is 0.834. The van der Waals surface area contributed by atoms with E-state index in [0.29, 0.717) is 0 Å². The normalized spacial score (nSPS) is 8.71. The molecular formula is C11H17BrO2. The zero-order valence-electron chi connectivity index (χ0n) is 9.35. The summed E-state index contributed by atoms with van der Waals surface area (Å²) in [5.41, 5.74) is 1.02. The maximum atomic E-state index is 5.16. The fraction of sp³-hybridized carbons (Fsp3) is 0.455. The Morgan fingerprint density at radius 3 is 1.64 bits per heavy atom. The van der Waals surface area contributed by atoms with Gasteiger partial charge >= 0.3 is 0 Å². The first-order valence-electron chi connectivity index (χ1n) is 4.57. The summed E-state index contributed by atoms with van der Waals surface area (Å²) in [5.74, 6) is 1.67. The second-order valence-electron chi connectivity index (χ2n) is 2.44. The average Bonchev–Trinajstić information content (AvgIpc) is 2.23. The fourth-order valence-electron chi connectivity index (χ4n) is 1.05. The number of ether oxygens (including phenoxy) is 2. The molecule has 1 rings (SSSR count). The lowest BCUT2D eigenvalue weighted by molar-refractivity contribution is 0.388. The molecule has 0 aliphatic carbocycles. The summed E-state index contributed by atoms with van der Waals surface area (Å²) in [6, 6.07) is 3.83. The van der Waals surface area contributed by atoms with E-state index in [4.69, 9.17) is 9.47 Å². The smallest absolute Gasteiger partial charge is 0.126 e.